The number of hydrazine groups is 1. The molecule has 0 spiro atoms. The van der Waals surface area contributed by atoms with Crippen molar-refractivity contribution < 1.29 is 27.5 Å². The fourth-order valence-corrected chi connectivity index (χ4v) is 2.37. The lowest BCUT2D eigenvalue weighted by Gasteiger charge is -2.22. The summed E-state index contributed by atoms with van der Waals surface area (Å²) in [7, 11) is 1.22. The molecule has 1 aliphatic rings. The van der Waals surface area contributed by atoms with Crippen LogP contribution in [-0.4, -0.2) is 36.6 Å². The predicted octanol–water partition coefficient (Wildman–Crippen LogP) is 2.38. The lowest BCUT2D eigenvalue weighted by atomic mass is 10.2. The molecular weight excluding hydrogens is 315 g/mol. The highest BCUT2D eigenvalue weighted by Crippen LogP contribution is 2.30. The Bertz CT molecular complexity index is 592. The number of benzene rings is 1. The number of nitrogens with one attached hydrogen (secondary N) is 2. The minimum absolute atomic E-state index is 0.0933. The van der Waals surface area contributed by atoms with Gasteiger partial charge in [0.15, 0.2) is 0 Å². The van der Waals surface area contributed by atoms with Crippen molar-refractivity contribution in [3.63, 3.8) is 0 Å². The van der Waals surface area contributed by atoms with E-state index in [2.05, 4.69) is 15.6 Å². The van der Waals surface area contributed by atoms with E-state index in [0.29, 0.717) is 19.4 Å². The molecule has 1 aromatic rings. The van der Waals surface area contributed by atoms with Crippen molar-refractivity contribution in [3.05, 3.63) is 29.8 Å². The van der Waals surface area contributed by atoms with Crippen LogP contribution in [0.3, 0.4) is 0 Å². The number of rotatable bonds is 3. The van der Waals surface area contributed by atoms with Gasteiger partial charge in [-0.1, -0.05) is 6.07 Å². The quantitative estimate of drug-likeness (QED) is 0.835. The van der Waals surface area contributed by atoms with Crippen molar-refractivity contribution in [2.75, 3.05) is 19.1 Å². The van der Waals surface area contributed by atoms with Gasteiger partial charge in [-0.2, -0.15) is 13.2 Å². The highest BCUT2D eigenvalue weighted by molar-refractivity contribution is 5.87. The molecule has 0 bridgehead atoms. The van der Waals surface area contributed by atoms with Crippen LogP contribution in [0.5, 0.6) is 0 Å². The van der Waals surface area contributed by atoms with Crippen LogP contribution < -0.4 is 10.9 Å². The molecule has 23 heavy (non-hydrogen) atoms. The second-order valence-corrected chi connectivity index (χ2v) is 5.01. The Hall–Kier alpha value is -2.45. The standard InChI is InChI=1S/C14H16F3N3O3/c1-23-13(22)20-7-3-6-11(20)12(21)19-18-10-5-2-4-9(8-10)14(15,16)17/h2,4-5,8,11,18H,3,6-7H2,1H3,(H,19,21). The van der Waals surface area contributed by atoms with E-state index in [0.717, 1.165) is 12.1 Å². The largest absolute Gasteiger partial charge is 0.453 e. The summed E-state index contributed by atoms with van der Waals surface area (Å²) in [4.78, 5) is 24.9. The van der Waals surface area contributed by atoms with Crippen molar-refractivity contribution in [1.82, 2.24) is 10.3 Å². The van der Waals surface area contributed by atoms with Crippen molar-refractivity contribution in [2.24, 2.45) is 0 Å². The zero-order chi connectivity index (χ0) is 17.0. The zero-order valence-electron chi connectivity index (χ0n) is 12.3. The highest BCUT2D eigenvalue weighted by Gasteiger charge is 2.35. The first-order valence-electron chi connectivity index (χ1n) is 6.90. The number of halogens is 3. The third-order valence-electron chi connectivity index (χ3n) is 3.48. The smallest absolute Gasteiger partial charge is 0.416 e. The molecule has 0 aromatic heterocycles. The molecule has 2 amide bonds. The van der Waals surface area contributed by atoms with Crippen LogP contribution in [0.15, 0.2) is 24.3 Å². The first-order valence-corrected chi connectivity index (χ1v) is 6.90. The van der Waals surface area contributed by atoms with Gasteiger partial charge in [-0.25, -0.2) is 4.79 Å². The van der Waals surface area contributed by atoms with Crippen LogP contribution in [0.1, 0.15) is 18.4 Å². The van der Waals surface area contributed by atoms with E-state index in [1.54, 1.807) is 0 Å². The number of anilines is 1. The fourth-order valence-electron chi connectivity index (χ4n) is 2.37. The van der Waals surface area contributed by atoms with Crippen LogP contribution in [0.2, 0.25) is 0 Å². The molecule has 1 aromatic carbocycles. The molecule has 2 rings (SSSR count). The van der Waals surface area contributed by atoms with Gasteiger partial charge in [0.2, 0.25) is 0 Å². The fraction of sp³-hybridized carbons (Fsp3) is 0.429. The molecule has 0 radical (unpaired) electrons. The van der Waals surface area contributed by atoms with Crippen molar-refractivity contribution in [2.45, 2.75) is 25.1 Å². The summed E-state index contributed by atoms with van der Waals surface area (Å²) in [6.07, 6.45) is -3.96. The predicted molar refractivity (Wildman–Crippen MR) is 75.3 cm³/mol. The number of carbonyl (C=O) groups is 2. The number of nitrogens with zero attached hydrogens (tertiary/aromatic N) is 1. The van der Waals surface area contributed by atoms with E-state index in [-0.39, 0.29) is 5.69 Å². The second kappa shape index (κ2) is 6.76. The third-order valence-corrected chi connectivity index (χ3v) is 3.48. The maximum absolute atomic E-state index is 12.6. The van der Waals surface area contributed by atoms with Gasteiger partial charge in [0.25, 0.3) is 5.91 Å². The maximum Gasteiger partial charge on any atom is 0.416 e. The maximum atomic E-state index is 12.6. The number of methoxy groups -OCH3 is 1. The van der Waals surface area contributed by atoms with E-state index >= 15 is 0 Å². The van der Waals surface area contributed by atoms with Gasteiger partial charge < -0.3 is 4.74 Å². The first-order chi connectivity index (χ1) is 10.8. The average molecular weight is 331 g/mol. The molecule has 1 heterocycles. The van der Waals surface area contributed by atoms with E-state index in [9.17, 15) is 22.8 Å². The topological polar surface area (TPSA) is 70.7 Å². The summed E-state index contributed by atoms with van der Waals surface area (Å²) in [5, 5.41) is 0. The number of hydrogen-bond acceptors (Lipinski definition) is 4. The van der Waals surface area contributed by atoms with Crippen LogP contribution in [0.25, 0.3) is 0 Å². The average Bonchev–Trinajstić information content (AvgIpc) is 3.01. The molecule has 1 unspecified atom stereocenters. The van der Waals surface area contributed by atoms with Crippen molar-refractivity contribution in [3.8, 4) is 0 Å². The molecule has 6 nitrogen and oxygen atoms in total. The number of likely N-dealkylation sites (tertiary alicyclic amines) is 1. The number of ether oxygens (including phenoxy) is 1. The molecule has 1 fully saturated rings. The first kappa shape index (κ1) is 16.9. The van der Waals surface area contributed by atoms with Gasteiger partial charge in [-0.05, 0) is 31.0 Å². The van der Waals surface area contributed by atoms with Gasteiger partial charge in [0.1, 0.15) is 6.04 Å². The summed E-state index contributed by atoms with van der Waals surface area (Å²) in [5.74, 6) is -0.509. The molecule has 1 saturated heterocycles. The van der Waals surface area contributed by atoms with Gasteiger partial charge in [-0.3, -0.25) is 20.5 Å². The summed E-state index contributed by atoms with van der Waals surface area (Å²) >= 11 is 0. The molecule has 0 aliphatic carbocycles. The number of carbonyl (C=O) groups excluding carboxylic acids is 2. The van der Waals surface area contributed by atoms with Crippen molar-refractivity contribution in [1.29, 1.82) is 0 Å². The van der Waals surface area contributed by atoms with Crippen LogP contribution in [-0.2, 0) is 15.7 Å². The normalized spacial score (nSPS) is 17.7. The second-order valence-electron chi connectivity index (χ2n) is 5.01. The Balaban J connectivity index is 1.98. The molecule has 0 saturated carbocycles. The Kier molecular flexibility index (Phi) is 4.97. The molecule has 2 N–H and O–H groups in total. The number of alkyl halides is 3. The van der Waals surface area contributed by atoms with E-state index in [1.807, 2.05) is 0 Å². The molecule has 1 atom stereocenters. The van der Waals surface area contributed by atoms with Crippen LogP contribution in [0.4, 0.5) is 23.7 Å². The third kappa shape index (κ3) is 4.05. The summed E-state index contributed by atoms with van der Waals surface area (Å²) < 4.78 is 42.4. The van der Waals surface area contributed by atoms with Crippen LogP contribution >= 0.6 is 0 Å². The lowest BCUT2D eigenvalue weighted by Crippen LogP contribution is -2.47. The van der Waals surface area contributed by atoms with E-state index < -0.39 is 29.8 Å². The monoisotopic (exact) mass is 331 g/mol. The van der Waals surface area contributed by atoms with E-state index in [1.165, 1.54) is 24.1 Å². The van der Waals surface area contributed by atoms with Gasteiger partial charge in [-0.15, -0.1) is 0 Å². The van der Waals surface area contributed by atoms with Crippen molar-refractivity contribution >= 4 is 17.7 Å². The van der Waals surface area contributed by atoms with Crippen LogP contribution in [0, 0.1) is 0 Å². The summed E-state index contributed by atoms with van der Waals surface area (Å²) in [6.45, 7) is 0.397. The molecule has 126 valence electrons. The summed E-state index contributed by atoms with van der Waals surface area (Å²) in [5.41, 5.74) is 4.02. The Morgan fingerprint density at radius 3 is 2.74 bits per heavy atom. The summed E-state index contributed by atoms with van der Waals surface area (Å²) in [6, 6.07) is 3.73. The molecule has 9 heteroatoms. The lowest BCUT2D eigenvalue weighted by molar-refractivity contribution is -0.137. The Labute approximate surface area is 130 Å². The minimum Gasteiger partial charge on any atom is -0.453 e. The SMILES string of the molecule is COC(=O)N1CCCC1C(=O)NNc1cccc(C(F)(F)F)c1. The van der Waals surface area contributed by atoms with Gasteiger partial charge in [0.05, 0.1) is 18.4 Å². The Morgan fingerprint density at radius 1 is 1.35 bits per heavy atom. The Morgan fingerprint density at radius 2 is 2.09 bits per heavy atom. The van der Waals surface area contributed by atoms with Gasteiger partial charge in [0, 0.05) is 6.54 Å². The van der Waals surface area contributed by atoms with E-state index in [4.69, 9.17) is 0 Å². The number of amides is 2. The minimum atomic E-state index is -4.46. The zero-order valence-corrected chi connectivity index (χ0v) is 12.3. The highest BCUT2D eigenvalue weighted by atomic mass is 19.4. The molecular formula is C14H16F3N3O3. The van der Waals surface area contributed by atoms with Gasteiger partial charge >= 0.3 is 12.3 Å². The number of hydrogen-bond donors (Lipinski definition) is 2. The molecule has 1 aliphatic heterocycles.